The SMILES string of the molecule is CCOC(=O)C=Cc1cc2ccc(Cl)c(Cl)c2n1CC(=O)OC(C)(C)C. The normalized spacial score (nSPS) is 11.9. The number of hydrogen-bond donors (Lipinski definition) is 0. The Bertz CT molecular complexity index is 863. The molecule has 0 radical (unpaired) electrons. The van der Waals surface area contributed by atoms with E-state index in [1.165, 1.54) is 6.08 Å². The van der Waals surface area contributed by atoms with E-state index in [0.717, 1.165) is 5.39 Å². The summed E-state index contributed by atoms with van der Waals surface area (Å²) in [5.41, 5.74) is 0.610. The van der Waals surface area contributed by atoms with E-state index in [9.17, 15) is 9.59 Å². The number of halogens is 2. The van der Waals surface area contributed by atoms with Crippen LogP contribution in [0.1, 0.15) is 33.4 Å². The summed E-state index contributed by atoms with van der Waals surface area (Å²) in [6.07, 6.45) is 2.88. The molecule has 2 rings (SSSR count). The molecule has 0 aliphatic carbocycles. The lowest BCUT2D eigenvalue weighted by atomic mass is 10.2. The van der Waals surface area contributed by atoms with E-state index in [2.05, 4.69) is 0 Å². The van der Waals surface area contributed by atoms with Gasteiger partial charge in [0.25, 0.3) is 0 Å². The van der Waals surface area contributed by atoms with Crippen molar-refractivity contribution in [1.29, 1.82) is 0 Å². The van der Waals surface area contributed by atoms with Crippen LogP contribution in [0, 0.1) is 0 Å². The highest BCUT2D eigenvalue weighted by molar-refractivity contribution is 6.45. The molecule has 5 nitrogen and oxygen atoms in total. The summed E-state index contributed by atoms with van der Waals surface area (Å²) in [6.45, 7) is 7.33. The van der Waals surface area contributed by atoms with Crippen molar-refractivity contribution in [2.24, 2.45) is 0 Å². The largest absolute Gasteiger partial charge is 0.463 e. The van der Waals surface area contributed by atoms with Crippen LogP contribution < -0.4 is 0 Å². The molecule has 0 bridgehead atoms. The third-order valence-electron chi connectivity index (χ3n) is 3.37. The van der Waals surface area contributed by atoms with Gasteiger partial charge in [-0.15, -0.1) is 0 Å². The number of benzene rings is 1. The fourth-order valence-corrected chi connectivity index (χ4v) is 2.89. The molecule has 7 heteroatoms. The summed E-state index contributed by atoms with van der Waals surface area (Å²) < 4.78 is 12.0. The number of fused-ring (bicyclic) bond motifs is 1. The van der Waals surface area contributed by atoms with Gasteiger partial charge in [0.2, 0.25) is 0 Å². The predicted octanol–water partition coefficient (Wildman–Crippen LogP) is 4.87. The Morgan fingerprint density at radius 1 is 1.23 bits per heavy atom. The molecule has 26 heavy (non-hydrogen) atoms. The zero-order chi connectivity index (χ0) is 19.5. The quantitative estimate of drug-likeness (QED) is 0.533. The number of hydrogen-bond acceptors (Lipinski definition) is 4. The van der Waals surface area contributed by atoms with Crippen LogP contribution in [0.25, 0.3) is 17.0 Å². The number of rotatable bonds is 5. The van der Waals surface area contributed by atoms with Crippen molar-refractivity contribution in [2.75, 3.05) is 6.61 Å². The van der Waals surface area contributed by atoms with Crippen molar-refractivity contribution >= 4 is 52.1 Å². The van der Waals surface area contributed by atoms with Crippen LogP contribution in [-0.4, -0.2) is 28.7 Å². The standard InChI is InChI=1S/C19H21Cl2NO4/c1-5-25-15(23)9-7-13-10-12-6-8-14(20)17(21)18(12)22(13)11-16(24)26-19(2,3)4/h6-10H,5,11H2,1-4H3. The van der Waals surface area contributed by atoms with Crippen LogP contribution >= 0.6 is 23.2 Å². The molecule has 2 aromatic rings. The van der Waals surface area contributed by atoms with Crippen LogP contribution in [-0.2, 0) is 25.6 Å². The molecule has 0 unspecified atom stereocenters. The molecule has 0 saturated heterocycles. The van der Waals surface area contributed by atoms with Crippen molar-refractivity contribution in [3.8, 4) is 0 Å². The monoisotopic (exact) mass is 397 g/mol. The summed E-state index contributed by atoms with van der Waals surface area (Å²) in [5.74, 6) is -0.887. The topological polar surface area (TPSA) is 57.5 Å². The smallest absolute Gasteiger partial charge is 0.330 e. The van der Waals surface area contributed by atoms with Gasteiger partial charge in [0.15, 0.2) is 0 Å². The van der Waals surface area contributed by atoms with Crippen molar-refractivity contribution in [2.45, 2.75) is 39.8 Å². The summed E-state index contributed by atoms with van der Waals surface area (Å²) in [4.78, 5) is 23.9. The average Bonchev–Trinajstić information content (AvgIpc) is 2.86. The minimum absolute atomic E-state index is 0.0661. The zero-order valence-corrected chi connectivity index (χ0v) is 16.6. The van der Waals surface area contributed by atoms with Gasteiger partial charge in [-0.25, -0.2) is 4.79 Å². The lowest BCUT2D eigenvalue weighted by molar-refractivity contribution is -0.155. The summed E-state index contributed by atoms with van der Waals surface area (Å²) in [5, 5.41) is 1.51. The maximum Gasteiger partial charge on any atom is 0.330 e. The zero-order valence-electron chi connectivity index (χ0n) is 15.1. The molecule has 0 fully saturated rings. The molecule has 0 atom stereocenters. The van der Waals surface area contributed by atoms with Crippen molar-refractivity contribution in [3.63, 3.8) is 0 Å². The Morgan fingerprint density at radius 2 is 1.92 bits per heavy atom. The number of carbonyl (C=O) groups is 2. The van der Waals surface area contributed by atoms with Crippen molar-refractivity contribution in [1.82, 2.24) is 4.57 Å². The first-order chi connectivity index (χ1) is 12.1. The summed E-state index contributed by atoms with van der Waals surface area (Å²) >= 11 is 12.5. The van der Waals surface area contributed by atoms with Gasteiger partial charge in [0.1, 0.15) is 12.1 Å². The summed E-state index contributed by atoms with van der Waals surface area (Å²) in [6, 6.07) is 5.30. The molecule has 140 valence electrons. The third-order valence-corrected chi connectivity index (χ3v) is 4.16. The second-order valence-electron chi connectivity index (χ2n) is 6.63. The molecular formula is C19H21Cl2NO4. The molecule has 0 saturated carbocycles. The van der Waals surface area contributed by atoms with Gasteiger partial charge < -0.3 is 14.0 Å². The Morgan fingerprint density at radius 3 is 2.54 bits per heavy atom. The van der Waals surface area contributed by atoms with E-state index in [4.69, 9.17) is 32.7 Å². The first kappa shape index (κ1) is 20.3. The minimum atomic E-state index is -0.609. The minimum Gasteiger partial charge on any atom is -0.463 e. The van der Waals surface area contributed by atoms with Gasteiger partial charge >= 0.3 is 11.9 Å². The molecule has 0 aliphatic rings. The Balaban J connectivity index is 2.48. The second-order valence-corrected chi connectivity index (χ2v) is 7.41. The molecule has 0 spiro atoms. The Labute approximate surface area is 162 Å². The fourth-order valence-electron chi connectivity index (χ4n) is 2.47. The number of carbonyl (C=O) groups excluding carboxylic acids is 2. The van der Waals surface area contributed by atoms with E-state index in [1.807, 2.05) is 6.07 Å². The van der Waals surface area contributed by atoms with Crippen molar-refractivity contribution in [3.05, 3.63) is 40.0 Å². The highest BCUT2D eigenvalue weighted by Crippen LogP contribution is 2.33. The van der Waals surface area contributed by atoms with Gasteiger partial charge in [-0.05, 0) is 45.9 Å². The molecule has 0 aliphatic heterocycles. The third kappa shape index (κ3) is 5.02. The van der Waals surface area contributed by atoms with E-state index < -0.39 is 17.5 Å². The summed E-state index contributed by atoms with van der Waals surface area (Å²) in [7, 11) is 0. The Hall–Kier alpha value is -1.98. The van der Waals surface area contributed by atoms with Crippen LogP contribution in [0.15, 0.2) is 24.3 Å². The maximum atomic E-state index is 12.3. The van der Waals surface area contributed by atoms with Gasteiger partial charge in [-0.1, -0.05) is 29.3 Å². The fraction of sp³-hybridized carbons (Fsp3) is 0.368. The van der Waals surface area contributed by atoms with Crippen LogP contribution in [0.3, 0.4) is 0 Å². The van der Waals surface area contributed by atoms with Gasteiger partial charge in [0, 0.05) is 17.2 Å². The molecule has 1 aromatic heterocycles. The number of aromatic nitrogens is 1. The van der Waals surface area contributed by atoms with Crippen molar-refractivity contribution < 1.29 is 19.1 Å². The number of ether oxygens (including phenoxy) is 2. The molecular weight excluding hydrogens is 377 g/mol. The van der Waals surface area contributed by atoms with Gasteiger partial charge in [-0.2, -0.15) is 0 Å². The molecule has 1 heterocycles. The van der Waals surface area contributed by atoms with Crippen LogP contribution in [0.5, 0.6) is 0 Å². The van der Waals surface area contributed by atoms with E-state index in [0.29, 0.717) is 21.3 Å². The van der Waals surface area contributed by atoms with E-state index in [1.54, 1.807) is 50.5 Å². The lowest BCUT2D eigenvalue weighted by Gasteiger charge is -2.20. The molecule has 1 aromatic carbocycles. The lowest BCUT2D eigenvalue weighted by Crippen LogP contribution is -2.26. The van der Waals surface area contributed by atoms with E-state index in [-0.39, 0.29) is 13.2 Å². The average molecular weight is 398 g/mol. The first-order valence-corrected chi connectivity index (χ1v) is 8.92. The van der Waals surface area contributed by atoms with Crippen LogP contribution in [0.2, 0.25) is 10.0 Å². The maximum absolute atomic E-state index is 12.3. The van der Waals surface area contributed by atoms with Gasteiger partial charge in [0.05, 0.1) is 22.2 Å². The first-order valence-electron chi connectivity index (χ1n) is 8.16. The highest BCUT2D eigenvalue weighted by atomic mass is 35.5. The Kier molecular flexibility index (Phi) is 6.37. The van der Waals surface area contributed by atoms with Gasteiger partial charge in [-0.3, -0.25) is 4.79 Å². The number of esters is 2. The highest BCUT2D eigenvalue weighted by Gasteiger charge is 2.20. The van der Waals surface area contributed by atoms with E-state index >= 15 is 0 Å². The second kappa shape index (κ2) is 8.14. The molecule has 0 amide bonds. The molecule has 0 N–H and O–H groups in total. The number of nitrogens with zero attached hydrogens (tertiary/aromatic N) is 1. The van der Waals surface area contributed by atoms with Crippen LogP contribution in [0.4, 0.5) is 0 Å². The predicted molar refractivity (Wildman–Crippen MR) is 103 cm³/mol.